The van der Waals surface area contributed by atoms with Gasteiger partial charge in [-0.3, -0.25) is 0 Å². The van der Waals surface area contributed by atoms with Crippen LogP contribution in [0, 0.1) is 5.82 Å². The molecular formula is C13H15FO. The van der Waals surface area contributed by atoms with Crippen LogP contribution in [0.3, 0.4) is 0 Å². The standard InChI is InChI=1S/C13H15FO/c14-12-8-6-11(7-9-12)10-15-13-4-2-1-3-5-13/h1-2,6-9,13H,3-5,10H2. The highest BCUT2D eigenvalue weighted by Crippen LogP contribution is 2.16. The van der Waals surface area contributed by atoms with Crippen molar-refractivity contribution in [3.05, 3.63) is 47.8 Å². The molecule has 1 aliphatic carbocycles. The molecule has 0 heterocycles. The normalized spacial score (nSPS) is 20.5. The van der Waals surface area contributed by atoms with Crippen molar-refractivity contribution in [2.45, 2.75) is 32.0 Å². The number of hydrogen-bond donors (Lipinski definition) is 0. The number of rotatable bonds is 3. The lowest BCUT2D eigenvalue weighted by molar-refractivity contribution is 0.0352. The van der Waals surface area contributed by atoms with Gasteiger partial charge in [-0.1, -0.05) is 24.3 Å². The van der Waals surface area contributed by atoms with Crippen LogP contribution in [0.15, 0.2) is 36.4 Å². The average molecular weight is 206 g/mol. The fourth-order valence-corrected chi connectivity index (χ4v) is 1.71. The maximum Gasteiger partial charge on any atom is 0.123 e. The fraction of sp³-hybridized carbons (Fsp3) is 0.385. The molecule has 2 heteroatoms. The maximum atomic E-state index is 12.6. The number of allylic oxidation sites excluding steroid dienone is 1. The zero-order valence-corrected chi connectivity index (χ0v) is 8.66. The molecule has 1 aliphatic rings. The summed E-state index contributed by atoms with van der Waals surface area (Å²) in [5, 5.41) is 0. The van der Waals surface area contributed by atoms with Crippen molar-refractivity contribution in [1.82, 2.24) is 0 Å². The number of halogens is 1. The van der Waals surface area contributed by atoms with E-state index in [1.54, 1.807) is 12.1 Å². The van der Waals surface area contributed by atoms with E-state index >= 15 is 0 Å². The Morgan fingerprint density at radius 3 is 2.67 bits per heavy atom. The molecular weight excluding hydrogens is 191 g/mol. The summed E-state index contributed by atoms with van der Waals surface area (Å²) in [4.78, 5) is 0. The van der Waals surface area contributed by atoms with E-state index in [1.807, 2.05) is 0 Å². The first-order valence-electron chi connectivity index (χ1n) is 5.35. The van der Waals surface area contributed by atoms with Crippen LogP contribution < -0.4 is 0 Å². The van der Waals surface area contributed by atoms with Crippen LogP contribution >= 0.6 is 0 Å². The zero-order valence-electron chi connectivity index (χ0n) is 8.66. The zero-order chi connectivity index (χ0) is 10.5. The van der Waals surface area contributed by atoms with Crippen molar-refractivity contribution < 1.29 is 9.13 Å². The van der Waals surface area contributed by atoms with Gasteiger partial charge in [0.05, 0.1) is 12.7 Å². The summed E-state index contributed by atoms with van der Waals surface area (Å²) >= 11 is 0. The van der Waals surface area contributed by atoms with E-state index in [9.17, 15) is 4.39 Å². The summed E-state index contributed by atoms with van der Waals surface area (Å²) in [6.07, 6.45) is 7.89. The van der Waals surface area contributed by atoms with Gasteiger partial charge in [0.2, 0.25) is 0 Å². The van der Waals surface area contributed by atoms with Gasteiger partial charge in [0.1, 0.15) is 5.82 Å². The van der Waals surface area contributed by atoms with E-state index in [0.29, 0.717) is 12.7 Å². The van der Waals surface area contributed by atoms with Gasteiger partial charge in [0.15, 0.2) is 0 Å². The van der Waals surface area contributed by atoms with Crippen LogP contribution in [0.5, 0.6) is 0 Å². The Morgan fingerprint density at radius 2 is 2.00 bits per heavy atom. The molecule has 0 fully saturated rings. The van der Waals surface area contributed by atoms with Gasteiger partial charge in [-0.25, -0.2) is 4.39 Å². The Hall–Kier alpha value is -1.15. The minimum atomic E-state index is -0.195. The highest BCUT2D eigenvalue weighted by atomic mass is 19.1. The minimum absolute atomic E-state index is 0.195. The van der Waals surface area contributed by atoms with Crippen molar-refractivity contribution in [2.24, 2.45) is 0 Å². The predicted octanol–water partition coefficient (Wildman–Crippen LogP) is 3.45. The molecule has 80 valence electrons. The SMILES string of the molecule is Fc1ccc(COC2CC=CCC2)cc1. The lowest BCUT2D eigenvalue weighted by atomic mass is 10.0. The van der Waals surface area contributed by atoms with Crippen LogP contribution in [0.25, 0.3) is 0 Å². The van der Waals surface area contributed by atoms with E-state index < -0.39 is 0 Å². The highest BCUT2D eigenvalue weighted by Gasteiger charge is 2.09. The average Bonchev–Trinajstić information content (AvgIpc) is 2.30. The third-order valence-electron chi connectivity index (χ3n) is 2.62. The first-order chi connectivity index (χ1) is 7.34. The van der Waals surface area contributed by atoms with Crippen LogP contribution in [0.1, 0.15) is 24.8 Å². The summed E-state index contributed by atoms with van der Waals surface area (Å²) in [5.74, 6) is -0.195. The van der Waals surface area contributed by atoms with Gasteiger partial charge in [0, 0.05) is 0 Å². The Bertz CT molecular complexity index is 329. The van der Waals surface area contributed by atoms with Crippen molar-refractivity contribution >= 4 is 0 Å². The molecule has 0 spiro atoms. The second-order valence-corrected chi connectivity index (χ2v) is 3.84. The molecule has 0 N–H and O–H groups in total. The first-order valence-corrected chi connectivity index (χ1v) is 5.35. The molecule has 0 aromatic heterocycles. The molecule has 15 heavy (non-hydrogen) atoms. The monoisotopic (exact) mass is 206 g/mol. The minimum Gasteiger partial charge on any atom is -0.373 e. The molecule has 1 unspecified atom stereocenters. The molecule has 2 rings (SSSR count). The molecule has 0 aliphatic heterocycles. The van der Waals surface area contributed by atoms with Crippen molar-refractivity contribution in [2.75, 3.05) is 0 Å². The second-order valence-electron chi connectivity index (χ2n) is 3.84. The molecule has 1 aromatic rings. The van der Waals surface area contributed by atoms with Crippen LogP contribution in [-0.2, 0) is 11.3 Å². The molecule has 0 radical (unpaired) electrons. The molecule has 1 nitrogen and oxygen atoms in total. The summed E-state index contributed by atoms with van der Waals surface area (Å²) in [6.45, 7) is 0.582. The number of ether oxygens (including phenoxy) is 1. The molecule has 0 amide bonds. The summed E-state index contributed by atoms with van der Waals surface area (Å²) in [7, 11) is 0. The van der Waals surface area contributed by atoms with E-state index in [4.69, 9.17) is 4.74 Å². The van der Waals surface area contributed by atoms with Crippen LogP contribution in [0.4, 0.5) is 4.39 Å². The molecule has 0 bridgehead atoms. The van der Waals surface area contributed by atoms with E-state index in [0.717, 1.165) is 24.8 Å². The van der Waals surface area contributed by atoms with Gasteiger partial charge in [-0.2, -0.15) is 0 Å². The van der Waals surface area contributed by atoms with E-state index in [1.165, 1.54) is 12.1 Å². The highest BCUT2D eigenvalue weighted by molar-refractivity contribution is 5.15. The Morgan fingerprint density at radius 1 is 1.20 bits per heavy atom. The smallest absolute Gasteiger partial charge is 0.123 e. The van der Waals surface area contributed by atoms with Crippen LogP contribution in [-0.4, -0.2) is 6.10 Å². The summed E-state index contributed by atoms with van der Waals surface area (Å²) < 4.78 is 18.4. The third-order valence-corrected chi connectivity index (χ3v) is 2.62. The number of hydrogen-bond acceptors (Lipinski definition) is 1. The van der Waals surface area contributed by atoms with Gasteiger partial charge < -0.3 is 4.74 Å². The Balaban J connectivity index is 1.82. The van der Waals surface area contributed by atoms with Crippen molar-refractivity contribution in [3.63, 3.8) is 0 Å². The van der Waals surface area contributed by atoms with Gasteiger partial charge in [0.25, 0.3) is 0 Å². The lowest BCUT2D eigenvalue weighted by Gasteiger charge is -2.18. The third kappa shape index (κ3) is 3.17. The molecule has 0 saturated heterocycles. The fourth-order valence-electron chi connectivity index (χ4n) is 1.71. The maximum absolute atomic E-state index is 12.6. The van der Waals surface area contributed by atoms with Crippen LogP contribution in [0.2, 0.25) is 0 Å². The van der Waals surface area contributed by atoms with E-state index in [-0.39, 0.29) is 5.82 Å². The van der Waals surface area contributed by atoms with Gasteiger partial charge in [-0.15, -0.1) is 0 Å². The molecule has 1 atom stereocenters. The van der Waals surface area contributed by atoms with E-state index in [2.05, 4.69) is 12.2 Å². The number of benzene rings is 1. The Kier molecular flexibility index (Phi) is 3.51. The topological polar surface area (TPSA) is 9.23 Å². The quantitative estimate of drug-likeness (QED) is 0.688. The molecule has 0 saturated carbocycles. The summed E-state index contributed by atoms with van der Waals surface area (Å²) in [5.41, 5.74) is 1.03. The van der Waals surface area contributed by atoms with Gasteiger partial charge >= 0.3 is 0 Å². The largest absolute Gasteiger partial charge is 0.373 e. The first kappa shape index (κ1) is 10.4. The van der Waals surface area contributed by atoms with Crippen molar-refractivity contribution in [1.29, 1.82) is 0 Å². The lowest BCUT2D eigenvalue weighted by Crippen LogP contribution is -2.13. The van der Waals surface area contributed by atoms with Gasteiger partial charge in [-0.05, 0) is 37.0 Å². The second kappa shape index (κ2) is 5.08. The van der Waals surface area contributed by atoms with Crippen molar-refractivity contribution in [3.8, 4) is 0 Å². The summed E-state index contributed by atoms with van der Waals surface area (Å²) in [6, 6.07) is 6.49. The Labute approximate surface area is 89.6 Å². The molecule has 1 aromatic carbocycles. The predicted molar refractivity (Wildman–Crippen MR) is 58.0 cm³/mol.